The summed E-state index contributed by atoms with van der Waals surface area (Å²) in [6, 6.07) is 20.4. The molecule has 1 nitrogen and oxygen atoms in total. The van der Waals surface area contributed by atoms with E-state index in [2.05, 4.69) is 31.2 Å². The summed E-state index contributed by atoms with van der Waals surface area (Å²) >= 11 is 5.80. The lowest BCUT2D eigenvalue weighted by Crippen LogP contribution is -2.54. The van der Waals surface area contributed by atoms with Crippen LogP contribution in [0.5, 0.6) is 0 Å². The minimum atomic E-state index is -0.989. The molecule has 0 aliphatic carbocycles. The van der Waals surface area contributed by atoms with Gasteiger partial charge in [0, 0.05) is 17.3 Å². The van der Waals surface area contributed by atoms with E-state index in [0.29, 0.717) is 5.41 Å². The Balaban J connectivity index is 1.87. The van der Waals surface area contributed by atoms with Crippen LogP contribution in [0.4, 0.5) is 0 Å². The second-order valence-corrected chi connectivity index (χ2v) is 11.0. The molecule has 2 aromatic rings. The third kappa shape index (κ3) is 2.46. The molecule has 2 bridgehead atoms. The van der Waals surface area contributed by atoms with E-state index < -0.39 is 5.60 Å². The Morgan fingerprint density at radius 3 is 1.57 bits per heavy atom. The molecule has 0 amide bonds. The van der Waals surface area contributed by atoms with Gasteiger partial charge in [0.1, 0.15) is 9.01 Å². The topological polar surface area (TPSA) is 20.2 Å². The molecule has 0 saturated carbocycles. The molecule has 3 aliphatic rings. The molecule has 0 atom stereocenters. The molecule has 5 rings (SSSR count). The zero-order chi connectivity index (χ0) is 16.0. The second-order valence-electron chi connectivity index (χ2n) is 6.68. The molecule has 0 radical (unpaired) electrons. The van der Waals surface area contributed by atoms with Gasteiger partial charge in [-0.05, 0) is 16.5 Å². The Morgan fingerprint density at radius 2 is 1.17 bits per heavy atom. The van der Waals surface area contributed by atoms with Crippen LogP contribution < -0.4 is 0 Å². The van der Waals surface area contributed by atoms with E-state index >= 15 is 0 Å². The normalized spacial score (nSPS) is 30.3. The first-order chi connectivity index (χ1) is 11.1. The van der Waals surface area contributed by atoms with E-state index in [4.69, 9.17) is 0 Å². The summed E-state index contributed by atoms with van der Waals surface area (Å²) in [6.07, 6.45) is 0. The Labute approximate surface area is 150 Å². The van der Waals surface area contributed by atoms with Gasteiger partial charge in [-0.3, -0.25) is 0 Å². The zero-order valence-corrected chi connectivity index (χ0v) is 15.5. The predicted molar refractivity (Wildman–Crippen MR) is 104 cm³/mol. The van der Waals surface area contributed by atoms with Crippen LogP contribution in [-0.4, -0.2) is 25.8 Å². The van der Waals surface area contributed by atoms with Gasteiger partial charge in [0.05, 0.1) is 0 Å². The van der Waals surface area contributed by atoms with Crippen LogP contribution in [0, 0.1) is 5.41 Å². The van der Waals surface area contributed by atoms with Crippen LogP contribution in [-0.2, 0) is 5.60 Å². The van der Waals surface area contributed by atoms with Gasteiger partial charge in [0.2, 0.25) is 0 Å². The smallest absolute Gasteiger partial charge is 0.148 e. The number of rotatable bonds is 3. The molecule has 3 heterocycles. The molecule has 0 unspecified atom stereocenters. The summed E-state index contributed by atoms with van der Waals surface area (Å²) in [5.41, 5.74) is 1.39. The van der Waals surface area contributed by atoms with E-state index in [9.17, 15) is 5.11 Å². The summed E-state index contributed by atoms with van der Waals surface area (Å²) in [6.45, 7) is 2.37. The molecule has 1 N–H and O–H groups in total. The Morgan fingerprint density at radius 1 is 0.783 bits per heavy atom. The van der Waals surface area contributed by atoms with E-state index in [1.165, 1.54) is 0 Å². The molecule has 4 heteroatoms. The van der Waals surface area contributed by atoms with Gasteiger partial charge in [0.25, 0.3) is 0 Å². The number of thioether (sulfide) groups is 3. The predicted octanol–water partition coefficient (Wildman–Crippen LogP) is 4.81. The van der Waals surface area contributed by atoms with E-state index in [0.717, 1.165) is 28.4 Å². The molecule has 120 valence electrons. The standard InChI is InChI=1S/C19H20OS3/c1-17-12-21-19(22-13-17,23-14-17)18(20,15-8-4-2-5-9-15)16-10-6-3-7-11-16/h2-11,20H,12-14H2,1H3. The second kappa shape index (κ2) is 5.76. The van der Waals surface area contributed by atoms with Gasteiger partial charge in [-0.25, -0.2) is 0 Å². The Hall–Kier alpha value is -0.550. The molecule has 3 fully saturated rings. The minimum absolute atomic E-state index is 0.270. The van der Waals surface area contributed by atoms with Crippen LogP contribution in [0.25, 0.3) is 0 Å². The first-order valence-corrected chi connectivity index (χ1v) is 10.8. The van der Waals surface area contributed by atoms with E-state index in [1.807, 2.05) is 71.7 Å². The summed E-state index contributed by atoms with van der Waals surface area (Å²) in [5, 5.41) is 12.1. The summed E-state index contributed by atoms with van der Waals surface area (Å²) < 4.78 is -0.270. The number of aliphatic hydroxyl groups is 1. The van der Waals surface area contributed by atoms with Crippen molar-refractivity contribution in [2.24, 2.45) is 5.41 Å². The van der Waals surface area contributed by atoms with Crippen molar-refractivity contribution in [1.29, 1.82) is 0 Å². The fraction of sp³-hybridized carbons (Fsp3) is 0.368. The minimum Gasteiger partial charge on any atom is -0.377 e. The lowest BCUT2D eigenvalue weighted by Gasteiger charge is -2.56. The summed E-state index contributed by atoms with van der Waals surface area (Å²) in [4.78, 5) is 0. The van der Waals surface area contributed by atoms with Gasteiger partial charge >= 0.3 is 0 Å². The largest absolute Gasteiger partial charge is 0.377 e. The van der Waals surface area contributed by atoms with Crippen LogP contribution in [0.3, 0.4) is 0 Å². The lowest BCUT2D eigenvalue weighted by molar-refractivity contribution is 0.0893. The van der Waals surface area contributed by atoms with Gasteiger partial charge in [0.15, 0.2) is 0 Å². The van der Waals surface area contributed by atoms with Crippen LogP contribution in [0.2, 0.25) is 0 Å². The fourth-order valence-corrected chi connectivity index (χ4v) is 9.26. The van der Waals surface area contributed by atoms with Crippen LogP contribution in [0.15, 0.2) is 60.7 Å². The third-order valence-corrected chi connectivity index (χ3v) is 11.3. The lowest BCUT2D eigenvalue weighted by atomic mass is 9.87. The van der Waals surface area contributed by atoms with Crippen molar-refractivity contribution in [2.75, 3.05) is 17.3 Å². The van der Waals surface area contributed by atoms with Gasteiger partial charge in [-0.15, -0.1) is 35.3 Å². The van der Waals surface area contributed by atoms with Gasteiger partial charge in [-0.1, -0.05) is 67.6 Å². The molecule has 2 aromatic carbocycles. The Kier molecular flexibility index (Phi) is 4.00. The maximum absolute atomic E-state index is 12.1. The quantitative estimate of drug-likeness (QED) is 0.847. The molecule has 3 aliphatic heterocycles. The highest BCUT2D eigenvalue weighted by Crippen LogP contribution is 2.69. The maximum Gasteiger partial charge on any atom is 0.148 e. The monoisotopic (exact) mass is 360 g/mol. The molecule has 3 saturated heterocycles. The van der Waals surface area contributed by atoms with Crippen molar-refractivity contribution < 1.29 is 5.11 Å². The highest BCUT2D eigenvalue weighted by atomic mass is 32.3. The Bertz CT molecular complexity index is 622. The number of benzene rings is 2. The van der Waals surface area contributed by atoms with Crippen molar-refractivity contribution in [1.82, 2.24) is 0 Å². The third-order valence-electron chi connectivity index (χ3n) is 4.66. The fourth-order valence-electron chi connectivity index (χ4n) is 3.25. The van der Waals surface area contributed by atoms with Crippen molar-refractivity contribution in [3.63, 3.8) is 0 Å². The summed E-state index contributed by atoms with van der Waals surface area (Å²) in [7, 11) is 0. The van der Waals surface area contributed by atoms with Gasteiger partial charge < -0.3 is 5.11 Å². The van der Waals surface area contributed by atoms with Crippen LogP contribution >= 0.6 is 35.3 Å². The van der Waals surface area contributed by atoms with Crippen molar-refractivity contribution in [3.8, 4) is 0 Å². The number of fused-ring (bicyclic) bond motifs is 3. The molecule has 23 heavy (non-hydrogen) atoms. The van der Waals surface area contributed by atoms with Crippen molar-refractivity contribution in [2.45, 2.75) is 15.9 Å². The SMILES string of the molecule is CC12CSC(C(O)(c3ccccc3)c3ccccc3)(SC1)SC2. The summed E-state index contributed by atoms with van der Waals surface area (Å²) in [5.74, 6) is 3.36. The molecular weight excluding hydrogens is 340 g/mol. The van der Waals surface area contributed by atoms with Crippen molar-refractivity contribution in [3.05, 3.63) is 71.8 Å². The average molecular weight is 361 g/mol. The highest BCUT2D eigenvalue weighted by Gasteiger charge is 2.61. The van der Waals surface area contributed by atoms with Gasteiger partial charge in [-0.2, -0.15) is 0 Å². The number of hydrogen-bond donors (Lipinski definition) is 1. The number of hydrogen-bond acceptors (Lipinski definition) is 4. The first kappa shape index (κ1) is 15.9. The van der Waals surface area contributed by atoms with E-state index in [-0.39, 0.29) is 3.41 Å². The highest BCUT2D eigenvalue weighted by molar-refractivity contribution is 8.35. The molecule has 0 aromatic heterocycles. The average Bonchev–Trinajstić information content (AvgIpc) is 2.63. The molecule has 0 spiro atoms. The first-order valence-electron chi connectivity index (χ1n) is 7.83. The maximum atomic E-state index is 12.1. The zero-order valence-electron chi connectivity index (χ0n) is 13.1. The molecular formula is C19H20OS3. The van der Waals surface area contributed by atoms with Crippen LogP contribution in [0.1, 0.15) is 18.1 Å². The van der Waals surface area contributed by atoms with Crippen molar-refractivity contribution >= 4 is 35.3 Å². The van der Waals surface area contributed by atoms with E-state index in [1.54, 1.807) is 0 Å².